The van der Waals surface area contributed by atoms with Crippen molar-refractivity contribution in [3.8, 4) is 22.9 Å². The van der Waals surface area contributed by atoms with Gasteiger partial charge in [0.25, 0.3) is 5.56 Å². The lowest BCUT2D eigenvalue weighted by Crippen LogP contribution is -2.36. The van der Waals surface area contributed by atoms with Crippen LogP contribution < -0.4 is 20.7 Å². The van der Waals surface area contributed by atoms with Crippen LogP contribution in [0.2, 0.25) is 0 Å². The summed E-state index contributed by atoms with van der Waals surface area (Å²) in [5, 5.41) is 3.95. The third-order valence-electron chi connectivity index (χ3n) is 4.74. The van der Waals surface area contributed by atoms with E-state index in [0.29, 0.717) is 46.5 Å². The van der Waals surface area contributed by atoms with E-state index in [1.165, 1.54) is 0 Å². The smallest absolute Gasteiger partial charge is 0.364 e. The molecule has 1 aromatic heterocycles. The first-order valence-corrected chi connectivity index (χ1v) is 11.8. The normalized spacial score (nSPS) is 10.8. The van der Waals surface area contributed by atoms with Gasteiger partial charge in [0.05, 0.1) is 30.5 Å². The number of hydrogen-bond acceptors (Lipinski definition) is 8. The van der Waals surface area contributed by atoms with Gasteiger partial charge >= 0.3 is 11.7 Å². The van der Waals surface area contributed by atoms with Gasteiger partial charge in [-0.15, -0.1) is 11.6 Å². The number of nitrogens with one attached hydrogen (secondary N) is 1. The molecule has 0 aliphatic carbocycles. The molecule has 0 aliphatic heterocycles. The molecule has 0 atom stereocenters. The third-order valence-corrected chi connectivity index (χ3v) is 5.51. The minimum Gasteiger partial charge on any atom is -0.496 e. The van der Waals surface area contributed by atoms with E-state index in [1.807, 2.05) is 0 Å². The molecule has 10 nitrogen and oxygen atoms in total. The maximum absolute atomic E-state index is 12.5. The SMILES string of the molecule is COc1ccc(Oc2c(C)cc(-n3nc(C(=O)OCCOCCCl)c(=O)[nH]c3=O)cc2C)cc1Br. The van der Waals surface area contributed by atoms with Crippen LogP contribution in [0.1, 0.15) is 21.6 Å². The van der Waals surface area contributed by atoms with E-state index < -0.39 is 22.9 Å². The number of halogens is 2. The quantitative estimate of drug-likeness (QED) is 0.224. The number of alkyl halides is 1. The standard InChI is InChI=1S/C23H23BrClN3O7/c1-13-10-15(11-14(2)20(13)35-16-4-5-18(32-3)17(24)12-16)28-23(31)26-21(29)19(27-28)22(30)34-9-8-33-7-6-25/h4-5,10-12H,6-9H2,1-3H3,(H,26,29,31). The summed E-state index contributed by atoms with van der Waals surface area (Å²) in [7, 11) is 1.57. The predicted molar refractivity (Wildman–Crippen MR) is 133 cm³/mol. The molecule has 0 radical (unpaired) electrons. The Kier molecular flexibility index (Phi) is 9.07. The van der Waals surface area contributed by atoms with Crippen LogP contribution in [0, 0.1) is 13.8 Å². The summed E-state index contributed by atoms with van der Waals surface area (Å²) in [6.45, 7) is 3.92. The fraction of sp³-hybridized carbons (Fsp3) is 0.304. The Hall–Kier alpha value is -3.15. The Morgan fingerprint density at radius 2 is 1.83 bits per heavy atom. The predicted octanol–water partition coefficient (Wildman–Crippen LogP) is 3.51. The number of hydrogen-bond donors (Lipinski definition) is 1. The Morgan fingerprint density at radius 1 is 1.11 bits per heavy atom. The van der Waals surface area contributed by atoms with Gasteiger partial charge in [0.1, 0.15) is 23.9 Å². The molecule has 35 heavy (non-hydrogen) atoms. The van der Waals surface area contributed by atoms with Gasteiger partial charge in [-0.3, -0.25) is 9.78 Å². The highest BCUT2D eigenvalue weighted by Gasteiger charge is 2.19. The fourth-order valence-electron chi connectivity index (χ4n) is 3.17. The second kappa shape index (κ2) is 12.0. The van der Waals surface area contributed by atoms with Crippen molar-refractivity contribution in [2.75, 3.05) is 32.8 Å². The average molecular weight is 569 g/mol. The molecule has 12 heteroatoms. The number of esters is 1. The summed E-state index contributed by atoms with van der Waals surface area (Å²) in [5.41, 5.74) is -0.565. The van der Waals surface area contributed by atoms with E-state index >= 15 is 0 Å². The molecular weight excluding hydrogens is 546 g/mol. The van der Waals surface area contributed by atoms with Crippen molar-refractivity contribution in [3.63, 3.8) is 0 Å². The molecule has 1 N–H and O–H groups in total. The van der Waals surface area contributed by atoms with E-state index in [-0.39, 0.29) is 13.2 Å². The number of aromatic amines is 1. The molecule has 0 saturated heterocycles. The fourth-order valence-corrected chi connectivity index (χ4v) is 3.79. The zero-order chi connectivity index (χ0) is 25.5. The van der Waals surface area contributed by atoms with Gasteiger partial charge in [0.15, 0.2) is 0 Å². The topological polar surface area (TPSA) is 122 Å². The lowest BCUT2D eigenvalue weighted by Gasteiger charge is -2.15. The van der Waals surface area contributed by atoms with Gasteiger partial charge in [-0.25, -0.2) is 9.59 Å². The van der Waals surface area contributed by atoms with Crippen molar-refractivity contribution in [2.45, 2.75) is 13.8 Å². The van der Waals surface area contributed by atoms with E-state index in [4.69, 9.17) is 30.5 Å². The Morgan fingerprint density at radius 3 is 2.46 bits per heavy atom. The van der Waals surface area contributed by atoms with Gasteiger partial charge in [0.2, 0.25) is 5.69 Å². The van der Waals surface area contributed by atoms with Crippen molar-refractivity contribution in [1.82, 2.24) is 14.8 Å². The second-order valence-corrected chi connectivity index (χ2v) is 8.50. The molecule has 0 saturated carbocycles. The minimum absolute atomic E-state index is 0.0955. The third kappa shape index (κ3) is 6.50. The van der Waals surface area contributed by atoms with Gasteiger partial charge in [-0.2, -0.15) is 9.78 Å². The number of carbonyl (C=O) groups excluding carboxylic acids is 1. The zero-order valence-corrected chi connectivity index (χ0v) is 21.6. The maximum atomic E-state index is 12.5. The lowest BCUT2D eigenvalue weighted by atomic mass is 10.1. The molecule has 0 fully saturated rings. The first-order chi connectivity index (χ1) is 16.7. The summed E-state index contributed by atoms with van der Waals surface area (Å²) >= 11 is 8.93. The molecular formula is C23H23BrClN3O7. The molecule has 2 aromatic carbocycles. The number of aromatic nitrogens is 3. The number of methoxy groups -OCH3 is 1. The number of nitrogens with zero attached hydrogens (tertiary/aromatic N) is 2. The molecule has 0 amide bonds. The van der Waals surface area contributed by atoms with Gasteiger partial charge in [0, 0.05) is 5.88 Å². The van der Waals surface area contributed by atoms with Gasteiger partial charge < -0.3 is 18.9 Å². The van der Waals surface area contributed by atoms with E-state index in [1.54, 1.807) is 51.3 Å². The second-order valence-electron chi connectivity index (χ2n) is 7.26. The molecule has 186 valence electrons. The summed E-state index contributed by atoms with van der Waals surface area (Å²) < 4.78 is 23.1. The molecule has 0 unspecified atom stereocenters. The number of ether oxygens (including phenoxy) is 4. The van der Waals surface area contributed by atoms with Crippen molar-refractivity contribution >= 4 is 33.5 Å². The van der Waals surface area contributed by atoms with Crippen LogP contribution in [0.4, 0.5) is 0 Å². The number of carbonyl (C=O) groups is 1. The lowest BCUT2D eigenvalue weighted by molar-refractivity contribution is 0.0327. The van der Waals surface area contributed by atoms with E-state index in [9.17, 15) is 14.4 Å². The van der Waals surface area contributed by atoms with Crippen LogP contribution in [-0.2, 0) is 9.47 Å². The molecule has 0 spiro atoms. The molecule has 0 aliphatic rings. The van der Waals surface area contributed by atoms with Crippen molar-refractivity contribution in [2.24, 2.45) is 0 Å². The van der Waals surface area contributed by atoms with Crippen molar-refractivity contribution in [3.05, 3.63) is 72.5 Å². The van der Waals surface area contributed by atoms with Crippen LogP contribution >= 0.6 is 27.5 Å². The Labute approximate surface area is 213 Å². The Balaban J connectivity index is 1.87. The van der Waals surface area contributed by atoms with Crippen molar-refractivity contribution < 1.29 is 23.7 Å². The Bertz CT molecular complexity index is 1320. The van der Waals surface area contributed by atoms with E-state index in [0.717, 1.165) is 9.15 Å². The highest BCUT2D eigenvalue weighted by molar-refractivity contribution is 9.10. The first kappa shape index (κ1) is 26.5. The number of benzene rings is 2. The molecule has 0 bridgehead atoms. The number of H-pyrrole nitrogens is 1. The number of aryl methyl sites for hydroxylation is 2. The highest BCUT2D eigenvalue weighted by Crippen LogP contribution is 2.34. The van der Waals surface area contributed by atoms with Crippen LogP contribution in [0.15, 0.2) is 44.4 Å². The van der Waals surface area contributed by atoms with Crippen LogP contribution in [0.5, 0.6) is 17.2 Å². The highest BCUT2D eigenvalue weighted by atomic mass is 79.9. The summed E-state index contributed by atoms with van der Waals surface area (Å²) in [4.78, 5) is 39.0. The first-order valence-electron chi connectivity index (χ1n) is 10.4. The van der Waals surface area contributed by atoms with E-state index in [2.05, 4.69) is 26.0 Å². The molecule has 3 rings (SSSR count). The largest absolute Gasteiger partial charge is 0.496 e. The average Bonchev–Trinajstić information content (AvgIpc) is 2.81. The van der Waals surface area contributed by atoms with Gasteiger partial charge in [-0.05, 0) is 71.2 Å². The van der Waals surface area contributed by atoms with Crippen LogP contribution in [0.25, 0.3) is 5.69 Å². The minimum atomic E-state index is -0.979. The van der Waals surface area contributed by atoms with Crippen LogP contribution in [-0.4, -0.2) is 53.5 Å². The van der Waals surface area contributed by atoms with Crippen molar-refractivity contribution in [1.29, 1.82) is 0 Å². The van der Waals surface area contributed by atoms with Crippen LogP contribution in [0.3, 0.4) is 0 Å². The summed E-state index contributed by atoms with van der Waals surface area (Å²) in [6.07, 6.45) is 0. The summed E-state index contributed by atoms with van der Waals surface area (Å²) in [6, 6.07) is 8.62. The molecule has 3 aromatic rings. The monoisotopic (exact) mass is 567 g/mol. The number of rotatable bonds is 10. The summed E-state index contributed by atoms with van der Waals surface area (Å²) in [5.74, 6) is 1.16. The zero-order valence-electron chi connectivity index (χ0n) is 19.2. The maximum Gasteiger partial charge on any atom is 0.364 e. The molecule has 1 heterocycles. The van der Waals surface area contributed by atoms with Gasteiger partial charge in [-0.1, -0.05) is 0 Å².